The molecule has 0 aliphatic heterocycles. The maximum absolute atomic E-state index is 13.5. The van der Waals surface area contributed by atoms with Crippen LogP contribution < -0.4 is 5.32 Å². The zero-order valence-electron chi connectivity index (χ0n) is 17.0. The molecule has 0 spiro atoms. The Labute approximate surface area is 181 Å². The van der Waals surface area contributed by atoms with Crippen molar-refractivity contribution in [3.05, 3.63) is 76.3 Å². The van der Waals surface area contributed by atoms with Crippen molar-refractivity contribution in [2.45, 2.75) is 37.8 Å². The Hall–Kier alpha value is -2.35. The van der Waals surface area contributed by atoms with Crippen molar-refractivity contribution in [2.24, 2.45) is 0 Å². The van der Waals surface area contributed by atoms with E-state index in [0.29, 0.717) is 18.7 Å². The SMILES string of the molecule is Cc1c(CNc2ccc(S(C)(=O)=O)cc2)cc(CC(C)O)n1-c1ccc(F)cc1Cl. The van der Waals surface area contributed by atoms with Crippen LogP contribution in [0.1, 0.15) is 23.9 Å². The Bertz CT molecular complexity index is 1160. The molecule has 2 aromatic carbocycles. The fourth-order valence-corrected chi connectivity index (χ4v) is 4.26. The van der Waals surface area contributed by atoms with Crippen LogP contribution >= 0.6 is 11.6 Å². The molecule has 2 N–H and O–H groups in total. The molecule has 3 rings (SSSR count). The second-order valence-electron chi connectivity index (χ2n) is 7.38. The quantitative estimate of drug-likeness (QED) is 0.555. The number of rotatable bonds is 7. The van der Waals surface area contributed by atoms with Crippen molar-refractivity contribution < 1.29 is 17.9 Å². The van der Waals surface area contributed by atoms with E-state index in [-0.39, 0.29) is 9.92 Å². The van der Waals surface area contributed by atoms with Crippen LogP contribution in [0.4, 0.5) is 10.1 Å². The van der Waals surface area contributed by atoms with Crippen molar-refractivity contribution >= 4 is 27.1 Å². The van der Waals surface area contributed by atoms with Crippen LogP contribution in [0.5, 0.6) is 0 Å². The first-order valence-electron chi connectivity index (χ1n) is 9.44. The standard InChI is InChI=1S/C22H24ClFN2O3S/c1-14(27)10-19-11-16(13-25-18-5-7-20(8-6-18)30(3,28)29)15(2)26(19)22-9-4-17(24)12-21(22)23/h4-9,11-12,14,25,27H,10,13H2,1-3H3. The predicted molar refractivity (Wildman–Crippen MR) is 118 cm³/mol. The van der Waals surface area contributed by atoms with Crippen LogP contribution in [0.15, 0.2) is 53.4 Å². The molecule has 160 valence electrons. The molecule has 5 nitrogen and oxygen atoms in total. The molecule has 0 saturated carbocycles. The first kappa shape index (κ1) is 22.3. The first-order chi connectivity index (χ1) is 14.1. The van der Waals surface area contributed by atoms with Crippen molar-refractivity contribution in [3.63, 3.8) is 0 Å². The number of aromatic nitrogens is 1. The van der Waals surface area contributed by atoms with E-state index in [1.165, 1.54) is 18.4 Å². The number of halogens is 2. The van der Waals surface area contributed by atoms with Gasteiger partial charge in [-0.1, -0.05) is 11.6 Å². The number of nitrogens with one attached hydrogen (secondary N) is 1. The lowest BCUT2D eigenvalue weighted by molar-refractivity contribution is 0.193. The molecule has 0 bridgehead atoms. The third-order valence-corrected chi connectivity index (χ3v) is 6.28. The fourth-order valence-electron chi connectivity index (χ4n) is 3.38. The molecular formula is C22H24ClFN2O3S. The molecule has 0 amide bonds. The van der Waals surface area contributed by atoms with Gasteiger partial charge < -0.3 is 15.0 Å². The van der Waals surface area contributed by atoms with Gasteiger partial charge in [0.15, 0.2) is 9.84 Å². The molecule has 1 atom stereocenters. The Morgan fingerprint density at radius 2 is 1.83 bits per heavy atom. The molecule has 3 aromatic rings. The Morgan fingerprint density at radius 3 is 2.40 bits per heavy atom. The van der Waals surface area contributed by atoms with Crippen molar-refractivity contribution in [3.8, 4) is 5.69 Å². The molecule has 1 heterocycles. The largest absolute Gasteiger partial charge is 0.393 e. The summed E-state index contributed by atoms with van der Waals surface area (Å²) >= 11 is 6.29. The third kappa shape index (κ3) is 5.03. The lowest BCUT2D eigenvalue weighted by Crippen LogP contribution is -2.10. The van der Waals surface area contributed by atoms with Crippen LogP contribution in [0.2, 0.25) is 5.02 Å². The number of hydrogen-bond acceptors (Lipinski definition) is 4. The van der Waals surface area contributed by atoms with Crippen LogP contribution in [-0.2, 0) is 22.8 Å². The van der Waals surface area contributed by atoms with E-state index in [0.717, 1.165) is 22.6 Å². The number of aliphatic hydroxyl groups is 1. The topological polar surface area (TPSA) is 71.3 Å². The average molecular weight is 451 g/mol. The van der Waals surface area contributed by atoms with Crippen LogP contribution in [-0.4, -0.2) is 30.5 Å². The number of anilines is 1. The lowest BCUT2D eigenvalue weighted by Gasteiger charge is -2.15. The number of nitrogens with zero attached hydrogens (tertiary/aromatic N) is 1. The molecule has 1 unspecified atom stereocenters. The highest BCUT2D eigenvalue weighted by Crippen LogP contribution is 2.29. The second-order valence-corrected chi connectivity index (χ2v) is 9.80. The number of aliphatic hydroxyl groups excluding tert-OH is 1. The minimum atomic E-state index is -3.24. The maximum Gasteiger partial charge on any atom is 0.175 e. The fraction of sp³-hybridized carbons (Fsp3) is 0.273. The van der Waals surface area contributed by atoms with E-state index >= 15 is 0 Å². The normalized spacial score (nSPS) is 12.7. The molecule has 1 aromatic heterocycles. The molecule has 30 heavy (non-hydrogen) atoms. The zero-order chi connectivity index (χ0) is 22.1. The lowest BCUT2D eigenvalue weighted by atomic mass is 10.2. The molecule has 0 aliphatic rings. The monoisotopic (exact) mass is 450 g/mol. The number of benzene rings is 2. The highest BCUT2D eigenvalue weighted by atomic mass is 35.5. The summed E-state index contributed by atoms with van der Waals surface area (Å²) < 4.78 is 38.6. The Balaban J connectivity index is 1.91. The molecule has 0 saturated heterocycles. The molecule has 0 fully saturated rings. The summed E-state index contributed by atoms with van der Waals surface area (Å²) in [4.78, 5) is 0.264. The third-order valence-electron chi connectivity index (χ3n) is 4.85. The molecule has 8 heteroatoms. The van der Waals surface area contributed by atoms with E-state index in [1.807, 2.05) is 17.6 Å². The van der Waals surface area contributed by atoms with Crippen LogP contribution in [0, 0.1) is 12.7 Å². The summed E-state index contributed by atoms with van der Waals surface area (Å²) in [6, 6.07) is 12.8. The van der Waals surface area contributed by atoms with Gasteiger partial charge in [0, 0.05) is 36.3 Å². The predicted octanol–water partition coefficient (Wildman–Crippen LogP) is 4.52. The zero-order valence-corrected chi connectivity index (χ0v) is 18.6. The number of sulfone groups is 1. The average Bonchev–Trinajstić information content (AvgIpc) is 2.94. The minimum absolute atomic E-state index is 0.264. The van der Waals surface area contributed by atoms with Gasteiger partial charge in [-0.05, 0) is 67.9 Å². The summed E-state index contributed by atoms with van der Waals surface area (Å²) in [5, 5.41) is 13.5. The summed E-state index contributed by atoms with van der Waals surface area (Å²) in [5.74, 6) is -0.412. The van der Waals surface area contributed by atoms with Crippen molar-refractivity contribution in [2.75, 3.05) is 11.6 Å². The summed E-state index contributed by atoms with van der Waals surface area (Å²) in [5.41, 5.74) is 4.19. The van der Waals surface area contributed by atoms with E-state index in [1.54, 1.807) is 37.3 Å². The van der Waals surface area contributed by atoms with E-state index in [2.05, 4.69) is 5.32 Å². The highest BCUT2D eigenvalue weighted by Gasteiger charge is 2.17. The Kier molecular flexibility index (Phi) is 6.55. The smallest absolute Gasteiger partial charge is 0.175 e. The summed E-state index contributed by atoms with van der Waals surface area (Å²) in [6.07, 6.45) is 1.03. The summed E-state index contributed by atoms with van der Waals surface area (Å²) in [6.45, 7) is 4.14. The van der Waals surface area contributed by atoms with Gasteiger partial charge in [0.25, 0.3) is 0 Å². The minimum Gasteiger partial charge on any atom is -0.393 e. The molecular weight excluding hydrogens is 427 g/mol. The Morgan fingerprint density at radius 1 is 1.17 bits per heavy atom. The van der Waals surface area contributed by atoms with E-state index in [9.17, 15) is 17.9 Å². The molecule has 0 aliphatic carbocycles. The van der Waals surface area contributed by atoms with Crippen LogP contribution in [0.3, 0.4) is 0 Å². The molecule has 0 radical (unpaired) electrons. The van der Waals surface area contributed by atoms with Gasteiger partial charge in [0.05, 0.1) is 21.7 Å². The van der Waals surface area contributed by atoms with E-state index < -0.39 is 21.8 Å². The van der Waals surface area contributed by atoms with Gasteiger partial charge in [0.1, 0.15) is 5.82 Å². The maximum atomic E-state index is 13.5. The van der Waals surface area contributed by atoms with Crippen LogP contribution in [0.25, 0.3) is 5.69 Å². The van der Waals surface area contributed by atoms with Gasteiger partial charge in [-0.2, -0.15) is 0 Å². The van der Waals surface area contributed by atoms with E-state index in [4.69, 9.17) is 11.6 Å². The van der Waals surface area contributed by atoms with Gasteiger partial charge in [-0.15, -0.1) is 0 Å². The van der Waals surface area contributed by atoms with Gasteiger partial charge in [-0.3, -0.25) is 0 Å². The second kappa shape index (κ2) is 8.79. The first-order valence-corrected chi connectivity index (χ1v) is 11.7. The van der Waals surface area contributed by atoms with Gasteiger partial charge in [-0.25, -0.2) is 12.8 Å². The summed E-state index contributed by atoms with van der Waals surface area (Å²) in [7, 11) is -3.24. The van der Waals surface area contributed by atoms with Crippen molar-refractivity contribution in [1.29, 1.82) is 0 Å². The van der Waals surface area contributed by atoms with Gasteiger partial charge >= 0.3 is 0 Å². The van der Waals surface area contributed by atoms with Crippen molar-refractivity contribution in [1.82, 2.24) is 4.57 Å². The van der Waals surface area contributed by atoms with Gasteiger partial charge in [0.2, 0.25) is 0 Å². The number of hydrogen-bond donors (Lipinski definition) is 2. The highest BCUT2D eigenvalue weighted by molar-refractivity contribution is 7.90.